The molecule has 1 aliphatic heterocycles. The number of allylic oxidation sites excluding steroid dienone is 2. The SMILES string of the molecule is C=C1NC2=C(C(=O)CC(c3ccccc3)C2)C(c2ccc(OC)c(OC)c2)C1C(=O)OC1CCCC1. The van der Waals surface area contributed by atoms with Gasteiger partial charge in [0.15, 0.2) is 17.3 Å². The van der Waals surface area contributed by atoms with E-state index >= 15 is 0 Å². The maximum Gasteiger partial charge on any atom is 0.316 e. The highest BCUT2D eigenvalue weighted by molar-refractivity contribution is 6.01. The van der Waals surface area contributed by atoms with Gasteiger partial charge in [0.1, 0.15) is 12.0 Å². The number of carbonyl (C=O) groups excluding carboxylic acids is 2. The average molecular weight is 488 g/mol. The van der Waals surface area contributed by atoms with Crippen molar-refractivity contribution in [1.82, 2.24) is 5.32 Å². The largest absolute Gasteiger partial charge is 0.493 e. The Kier molecular flexibility index (Phi) is 6.86. The molecule has 3 aliphatic rings. The monoisotopic (exact) mass is 487 g/mol. The molecule has 188 valence electrons. The Hall–Kier alpha value is -3.54. The van der Waals surface area contributed by atoms with Gasteiger partial charge in [-0.2, -0.15) is 0 Å². The standard InChI is InChI=1S/C30H33NO5/c1-18-27(30(33)36-22-11-7-8-12-22)28(20-13-14-25(34-2)26(17-20)35-3)29-23(31-18)15-21(16-24(29)32)19-9-5-4-6-10-19/h4-6,9-10,13-14,17,21-22,27-28,31H,1,7-8,11-12,15-16H2,2-3H3. The van der Waals surface area contributed by atoms with Gasteiger partial charge in [-0.15, -0.1) is 0 Å². The minimum absolute atomic E-state index is 0.0450. The molecule has 0 aromatic heterocycles. The highest BCUT2D eigenvalue weighted by Crippen LogP contribution is 2.48. The van der Waals surface area contributed by atoms with Gasteiger partial charge in [-0.1, -0.05) is 43.0 Å². The summed E-state index contributed by atoms with van der Waals surface area (Å²) < 4.78 is 16.9. The molecule has 2 aromatic rings. The second-order valence-corrected chi connectivity index (χ2v) is 9.89. The van der Waals surface area contributed by atoms with Crippen LogP contribution in [0.5, 0.6) is 11.5 Å². The molecule has 36 heavy (non-hydrogen) atoms. The van der Waals surface area contributed by atoms with Crippen LogP contribution in [0.4, 0.5) is 0 Å². The number of nitrogens with one attached hydrogen (secondary N) is 1. The van der Waals surface area contributed by atoms with Crippen LogP contribution in [0.15, 0.2) is 72.1 Å². The second kappa shape index (κ2) is 10.2. The summed E-state index contributed by atoms with van der Waals surface area (Å²) in [5.74, 6) is -0.286. The van der Waals surface area contributed by atoms with E-state index in [2.05, 4.69) is 24.0 Å². The fourth-order valence-electron chi connectivity index (χ4n) is 5.94. The number of Topliss-reactive ketones (excluding diaryl/α,β-unsaturated/α-hetero) is 1. The van der Waals surface area contributed by atoms with Crippen LogP contribution in [0.2, 0.25) is 0 Å². The van der Waals surface area contributed by atoms with Crippen LogP contribution in [0.25, 0.3) is 0 Å². The number of ketones is 1. The topological polar surface area (TPSA) is 73.9 Å². The van der Waals surface area contributed by atoms with Gasteiger partial charge in [0.2, 0.25) is 0 Å². The van der Waals surface area contributed by atoms with E-state index < -0.39 is 11.8 Å². The summed E-state index contributed by atoms with van der Waals surface area (Å²) in [6.07, 6.45) is 4.89. The third-order valence-corrected chi connectivity index (χ3v) is 7.72. The maximum atomic E-state index is 13.8. The van der Waals surface area contributed by atoms with Crippen LogP contribution in [0.1, 0.15) is 61.5 Å². The molecular formula is C30H33NO5. The highest BCUT2D eigenvalue weighted by atomic mass is 16.5. The molecule has 2 aromatic carbocycles. The number of esters is 1. The van der Waals surface area contributed by atoms with Gasteiger partial charge >= 0.3 is 5.97 Å². The van der Waals surface area contributed by atoms with E-state index in [1.807, 2.05) is 36.4 Å². The molecule has 1 saturated carbocycles. The molecular weight excluding hydrogens is 454 g/mol. The number of methoxy groups -OCH3 is 2. The first-order valence-electron chi connectivity index (χ1n) is 12.7. The van der Waals surface area contributed by atoms with Gasteiger partial charge in [-0.05, 0) is 61.3 Å². The van der Waals surface area contributed by atoms with Crippen molar-refractivity contribution in [1.29, 1.82) is 0 Å². The van der Waals surface area contributed by atoms with Gasteiger partial charge in [-0.3, -0.25) is 9.59 Å². The van der Waals surface area contributed by atoms with Crippen molar-refractivity contribution in [3.05, 3.63) is 83.2 Å². The zero-order valence-electron chi connectivity index (χ0n) is 20.9. The molecule has 1 heterocycles. The number of rotatable bonds is 6. The van der Waals surface area contributed by atoms with Crippen molar-refractivity contribution >= 4 is 11.8 Å². The van der Waals surface area contributed by atoms with Crippen LogP contribution in [0.3, 0.4) is 0 Å². The minimum Gasteiger partial charge on any atom is -0.493 e. The van der Waals surface area contributed by atoms with Crippen LogP contribution in [-0.2, 0) is 14.3 Å². The average Bonchev–Trinajstić information content (AvgIpc) is 3.40. The predicted molar refractivity (Wildman–Crippen MR) is 137 cm³/mol. The van der Waals surface area contributed by atoms with Gasteiger partial charge in [-0.25, -0.2) is 0 Å². The number of hydrogen-bond donors (Lipinski definition) is 1. The molecule has 0 radical (unpaired) electrons. The lowest BCUT2D eigenvalue weighted by Crippen LogP contribution is -2.42. The summed E-state index contributed by atoms with van der Waals surface area (Å²) in [6.45, 7) is 4.24. The van der Waals surface area contributed by atoms with E-state index in [1.54, 1.807) is 14.2 Å². The molecule has 0 bridgehead atoms. The van der Waals surface area contributed by atoms with Crippen LogP contribution in [0, 0.1) is 5.92 Å². The Morgan fingerprint density at radius 3 is 2.36 bits per heavy atom. The maximum absolute atomic E-state index is 13.8. The van der Waals surface area contributed by atoms with Crippen molar-refractivity contribution in [3.8, 4) is 11.5 Å². The first-order valence-corrected chi connectivity index (χ1v) is 12.7. The Balaban J connectivity index is 1.57. The Labute approximate surface area is 212 Å². The van der Waals surface area contributed by atoms with Gasteiger partial charge in [0.25, 0.3) is 0 Å². The molecule has 6 nitrogen and oxygen atoms in total. The third kappa shape index (κ3) is 4.52. The van der Waals surface area contributed by atoms with Gasteiger partial charge in [0.05, 0.1) is 14.2 Å². The van der Waals surface area contributed by atoms with Crippen molar-refractivity contribution < 1.29 is 23.8 Å². The first-order chi connectivity index (χ1) is 17.5. The zero-order chi connectivity index (χ0) is 25.2. The molecule has 2 aliphatic carbocycles. The van der Waals surface area contributed by atoms with Gasteiger partial charge < -0.3 is 19.5 Å². The van der Waals surface area contributed by atoms with E-state index in [4.69, 9.17) is 14.2 Å². The van der Waals surface area contributed by atoms with Crippen molar-refractivity contribution in [3.63, 3.8) is 0 Å². The number of carbonyl (C=O) groups is 2. The molecule has 1 fully saturated rings. The number of benzene rings is 2. The van der Waals surface area contributed by atoms with Crippen LogP contribution in [-0.4, -0.2) is 32.1 Å². The normalized spacial score (nSPS) is 24.2. The number of hydrogen-bond acceptors (Lipinski definition) is 6. The molecule has 0 amide bonds. The Morgan fingerprint density at radius 2 is 1.67 bits per heavy atom. The lowest BCUT2D eigenvalue weighted by atomic mass is 9.69. The molecule has 0 spiro atoms. The first kappa shape index (κ1) is 24.2. The van der Waals surface area contributed by atoms with Crippen molar-refractivity contribution in [2.75, 3.05) is 14.2 Å². The Morgan fingerprint density at radius 1 is 0.944 bits per heavy atom. The fourth-order valence-corrected chi connectivity index (χ4v) is 5.94. The van der Waals surface area contributed by atoms with Crippen molar-refractivity contribution in [2.24, 2.45) is 5.92 Å². The quantitative estimate of drug-likeness (QED) is 0.550. The molecule has 1 N–H and O–H groups in total. The molecule has 5 rings (SSSR count). The van der Waals surface area contributed by atoms with E-state index in [0.717, 1.165) is 42.5 Å². The fraction of sp³-hybridized carbons (Fsp3) is 0.400. The molecule has 6 heteroatoms. The molecule has 3 unspecified atom stereocenters. The highest BCUT2D eigenvalue weighted by Gasteiger charge is 2.46. The van der Waals surface area contributed by atoms with Gasteiger partial charge in [0, 0.05) is 29.3 Å². The van der Waals surface area contributed by atoms with Crippen molar-refractivity contribution in [2.45, 2.75) is 56.5 Å². The van der Waals surface area contributed by atoms with Crippen LogP contribution < -0.4 is 14.8 Å². The predicted octanol–water partition coefficient (Wildman–Crippen LogP) is 5.41. The summed E-state index contributed by atoms with van der Waals surface area (Å²) in [5, 5.41) is 3.36. The summed E-state index contributed by atoms with van der Waals surface area (Å²) >= 11 is 0. The lowest BCUT2D eigenvalue weighted by molar-refractivity contribution is -0.153. The molecule has 3 atom stereocenters. The number of ether oxygens (including phenoxy) is 3. The van der Waals surface area contributed by atoms with E-state index in [-0.39, 0.29) is 23.8 Å². The summed E-state index contributed by atoms with van der Waals surface area (Å²) in [4.78, 5) is 27.3. The second-order valence-electron chi connectivity index (χ2n) is 9.89. The summed E-state index contributed by atoms with van der Waals surface area (Å²) in [6, 6.07) is 15.7. The van der Waals surface area contributed by atoms with Crippen LogP contribution >= 0.6 is 0 Å². The van der Waals surface area contributed by atoms with E-state index in [9.17, 15) is 9.59 Å². The summed E-state index contributed by atoms with van der Waals surface area (Å²) in [5.41, 5.74) is 4.00. The molecule has 0 saturated heterocycles. The lowest BCUT2D eigenvalue weighted by Gasteiger charge is -2.40. The van der Waals surface area contributed by atoms with E-state index in [1.165, 1.54) is 0 Å². The smallest absolute Gasteiger partial charge is 0.316 e. The van der Waals surface area contributed by atoms with E-state index in [0.29, 0.717) is 35.6 Å². The zero-order valence-corrected chi connectivity index (χ0v) is 20.9. The summed E-state index contributed by atoms with van der Waals surface area (Å²) in [7, 11) is 3.16. The third-order valence-electron chi connectivity index (χ3n) is 7.72. The minimum atomic E-state index is -0.709. The Bertz CT molecular complexity index is 1200.